The van der Waals surface area contributed by atoms with Gasteiger partial charge in [-0.15, -0.1) is 0 Å². The van der Waals surface area contributed by atoms with Crippen LogP contribution in [-0.4, -0.2) is 38.0 Å². The van der Waals surface area contributed by atoms with Gasteiger partial charge in [-0.25, -0.2) is 0 Å². The first kappa shape index (κ1) is 19.2. The number of nitrogens with zero attached hydrogens (tertiary/aromatic N) is 1. The van der Waals surface area contributed by atoms with E-state index in [1.807, 2.05) is 74.6 Å². The van der Waals surface area contributed by atoms with E-state index in [4.69, 9.17) is 0 Å². The number of rotatable bonds is 8. The highest BCUT2D eigenvalue weighted by atomic mass is 16.2. The Morgan fingerprint density at radius 1 is 1.00 bits per heavy atom. The number of anilines is 1. The van der Waals surface area contributed by atoms with Crippen molar-refractivity contribution in [2.24, 2.45) is 0 Å². The van der Waals surface area contributed by atoms with Crippen molar-refractivity contribution in [2.45, 2.75) is 13.0 Å². The largest absolute Gasteiger partial charge is 0.370 e. The predicted octanol–water partition coefficient (Wildman–Crippen LogP) is 2.46. The van der Waals surface area contributed by atoms with Crippen molar-refractivity contribution >= 4 is 23.6 Å². The Bertz CT molecular complexity index is 729. The summed E-state index contributed by atoms with van der Waals surface area (Å²) in [5.74, 6) is -0.502. The molecule has 0 radical (unpaired) electrons. The number of carbonyl (C=O) groups is 2. The molecule has 0 aliphatic rings. The van der Waals surface area contributed by atoms with Gasteiger partial charge in [0.05, 0.1) is 6.54 Å². The molecular formula is C21H25N3O2. The van der Waals surface area contributed by atoms with Crippen LogP contribution in [0.25, 0.3) is 6.08 Å². The zero-order valence-corrected chi connectivity index (χ0v) is 15.2. The fourth-order valence-corrected chi connectivity index (χ4v) is 2.34. The number of nitrogens with one attached hydrogen (secondary N) is 2. The maximum Gasteiger partial charge on any atom is 0.244 e. The van der Waals surface area contributed by atoms with E-state index in [0.717, 1.165) is 11.3 Å². The second kappa shape index (κ2) is 10.0. The predicted molar refractivity (Wildman–Crippen MR) is 106 cm³/mol. The molecule has 0 aliphatic carbocycles. The van der Waals surface area contributed by atoms with Crippen LogP contribution in [-0.2, 0) is 9.59 Å². The lowest BCUT2D eigenvalue weighted by Crippen LogP contribution is -2.43. The zero-order chi connectivity index (χ0) is 18.8. The van der Waals surface area contributed by atoms with Crippen LogP contribution in [0.1, 0.15) is 12.5 Å². The average Bonchev–Trinajstić information content (AvgIpc) is 2.69. The summed E-state index contributed by atoms with van der Waals surface area (Å²) in [5, 5.41) is 5.43. The molecule has 0 heterocycles. The van der Waals surface area contributed by atoms with E-state index in [-0.39, 0.29) is 24.4 Å². The molecule has 2 aromatic rings. The van der Waals surface area contributed by atoms with Gasteiger partial charge in [-0.05, 0) is 30.7 Å². The highest BCUT2D eigenvalue weighted by Crippen LogP contribution is 2.13. The molecule has 1 unspecified atom stereocenters. The van der Waals surface area contributed by atoms with Crippen molar-refractivity contribution in [3.05, 3.63) is 72.3 Å². The van der Waals surface area contributed by atoms with Crippen LogP contribution in [0.3, 0.4) is 0 Å². The first-order valence-corrected chi connectivity index (χ1v) is 8.62. The van der Waals surface area contributed by atoms with Gasteiger partial charge in [0.25, 0.3) is 0 Å². The zero-order valence-electron chi connectivity index (χ0n) is 15.2. The summed E-state index contributed by atoms with van der Waals surface area (Å²) in [6.07, 6.45) is 3.14. The van der Waals surface area contributed by atoms with Crippen LogP contribution < -0.4 is 15.5 Å². The normalized spacial score (nSPS) is 11.8. The van der Waals surface area contributed by atoms with Gasteiger partial charge >= 0.3 is 0 Å². The molecule has 0 bridgehead atoms. The second-order valence-electron chi connectivity index (χ2n) is 6.06. The molecule has 0 spiro atoms. The molecule has 0 saturated heterocycles. The molecular weight excluding hydrogens is 326 g/mol. The number of likely N-dealkylation sites (N-methyl/N-ethyl adjacent to an activating group) is 1. The Balaban J connectivity index is 1.70. The molecule has 5 nitrogen and oxygen atoms in total. The van der Waals surface area contributed by atoms with Crippen LogP contribution in [0.2, 0.25) is 0 Å². The smallest absolute Gasteiger partial charge is 0.244 e. The van der Waals surface area contributed by atoms with Crippen molar-refractivity contribution in [2.75, 3.05) is 25.0 Å². The molecule has 2 N–H and O–H groups in total. The fourth-order valence-electron chi connectivity index (χ4n) is 2.34. The number of amides is 2. The van der Waals surface area contributed by atoms with E-state index in [0.29, 0.717) is 6.54 Å². The van der Waals surface area contributed by atoms with Crippen LogP contribution in [0.4, 0.5) is 5.69 Å². The highest BCUT2D eigenvalue weighted by Gasteiger charge is 2.11. The maximum atomic E-state index is 11.9. The summed E-state index contributed by atoms with van der Waals surface area (Å²) >= 11 is 0. The molecule has 0 fully saturated rings. The number of benzene rings is 2. The Hall–Kier alpha value is -3.08. The lowest BCUT2D eigenvalue weighted by molar-refractivity contribution is -0.123. The number of hydrogen-bond donors (Lipinski definition) is 2. The molecule has 0 aliphatic heterocycles. The SMILES string of the molecule is CC(CNC(=O)CNC(=O)/C=C/c1ccccc1)N(C)c1ccccc1. The minimum absolute atomic E-state index is 0.0419. The molecule has 5 heteroatoms. The third kappa shape index (κ3) is 6.43. The van der Waals surface area contributed by atoms with Crippen LogP contribution in [0, 0.1) is 0 Å². The fraction of sp³-hybridized carbons (Fsp3) is 0.238. The van der Waals surface area contributed by atoms with Crippen molar-refractivity contribution in [3.63, 3.8) is 0 Å². The Morgan fingerprint density at radius 3 is 2.27 bits per heavy atom. The Morgan fingerprint density at radius 2 is 1.62 bits per heavy atom. The molecule has 2 aromatic carbocycles. The molecule has 2 amide bonds. The summed E-state index contributed by atoms with van der Waals surface area (Å²) in [6.45, 7) is 2.49. The average molecular weight is 351 g/mol. The summed E-state index contributed by atoms with van der Waals surface area (Å²) in [6, 6.07) is 19.6. The minimum Gasteiger partial charge on any atom is -0.370 e. The van der Waals surface area contributed by atoms with Gasteiger partial charge in [-0.1, -0.05) is 48.5 Å². The topological polar surface area (TPSA) is 61.4 Å². The monoisotopic (exact) mass is 351 g/mol. The third-order valence-electron chi connectivity index (χ3n) is 4.07. The minimum atomic E-state index is -0.293. The van der Waals surface area contributed by atoms with Gasteiger partial charge in [0.15, 0.2) is 0 Å². The Kier molecular flexibility index (Phi) is 7.43. The van der Waals surface area contributed by atoms with E-state index >= 15 is 0 Å². The summed E-state index contributed by atoms with van der Waals surface area (Å²) < 4.78 is 0. The van der Waals surface area contributed by atoms with Gasteiger partial charge in [0.1, 0.15) is 0 Å². The van der Waals surface area contributed by atoms with E-state index < -0.39 is 0 Å². The van der Waals surface area contributed by atoms with Crippen molar-refractivity contribution < 1.29 is 9.59 Å². The number of carbonyl (C=O) groups excluding carboxylic acids is 2. The molecule has 0 saturated carbocycles. The summed E-state index contributed by atoms with van der Waals surface area (Å²) in [7, 11) is 1.99. The first-order chi connectivity index (χ1) is 12.6. The van der Waals surface area contributed by atoms with E-state index in [1.54, 1.807) is 6.08 Å². The van der Waals surface area contributed by atoms with E-state index in [9.17, 15) is 9.59 Å². The molecule has 2 rings (SSSR count). The third-order valence-corrected chi connectivity index (χ3v) is 4.07. The van der Waals surface area contributed by atoms with Crippen molar-refractivity contribution in [1.82, 2.24) is 10.6 Å². The standard InChI is InChI=1S/C21H25N3O2/c1-17(24(2)19-11-7-4-8-12-19)15-22-21(26)16-23-20(25)14-13-18-9-5-3-6-10-18/h3-14,17H,15-16H2,1-2H3,(H,22,26)(H,23,25)/b14-13+. The summed E-state index contributed by atoms with van der Waals surface area (Å²) in [5.41, 5.74) is 2.03. The van der Waals surface area contributed by atoms with Crippen LogP contribution in [0.5, 0.6) is 0 Å². The van der Waals surface area contributed by atoms with Gasteiger partial charge in [0.2, 0.25) is 11.8 Å². The van der Waals surface area contributed by atoms with Crippen molar-refractivity contribution in [3.8, 4) is 0 Å². The quantitative estimate of drug-likeness (QED) is 0.718. The van der Waals surface area contributed by atoms with Gasteiger partial charge < -0.3 is 15.5 Å². The van der Waals surface area contributed by atoms with Crippen LogP contribution >= 0.6 is 0 Å². The Labute approximate surface area is 154 Å². The van der Waals surface area contributed by atoms with Crippen LogP contribution in [0.15, 0.2) is 66.7 Å². The molecule has 136 valence electrons. The van der Waals surface area contributed by atoms with E-state index in [2.05, 4.69) is 15.5 Å². The molecule has 26 heavy (non-hydrogen) atoms. The van der Waals surface area contributed by atoms with Gasteiger partial charge in [-0.2, -0.15) is 0 Å². The second-order valence-corrected chi connectivity index (χ2v) is 6.06. The molecule has 0 aromatic heterocycles. The maximum absolute atomic E-state index is 11.9. The lowest BCUT2D eigenvalue weighted by atomic mass is 10.2. The lowest BCUT2D eigenvalue weighted by Gasteiger charge is -2.27. The van der Waals surface area contributed by atoms with Crippen molar-refractivity contribution in [1.29, 1.82) is 0 Å². The van der Waals surface area contributed by atoms with E-state index in [1.165, 1.54) is 6.08 Å². The van der Waals surface area contributed by atoms with Gasteiger partial charge in [0, 0.05) is 31.4 Å². The highest BCUT2D eigenvalue weighted by molar-refractivity contribution is 5.94. The summed E-state index contributed by atoms with van der Waals surface area (Å²) in [4.78, 5) is 25.8. The number of hydrogen-bond acceptors (Lipinski definition) is 3. The molecule has 1 atom stereocenters. The first-order valence-electron chi connectivity index (χ1n) is 8.62. The van der Waals surface area contributed by atoms with Gasteiger partial charge in [-0.3, -0.25) is 9.59 Å². The number of para-hydroxylation sites is 1.